The van der Waals surface area contributed by atoms with E-state index in [1.807, 2.05) is 35.9 Å². The van der Waals surface area contributed by atoms with Gasteiger partial charge >= 0.3 is 0 Å². The van der Waals surface area contributed by atoms with E-state index in [4.69, 9.17) is 21.1 Å². The molecule has 0 radical (unpaired) electrons. The molecule has 8 nitrogen and oxygen atoms in total. The molecule has 0 unspecified atom stereocenters. The molecular formula is C23H24ClN3O5S. The maximum atomic E-state index is 11.5. The molecule has 10 heteroatoms. The summed E-state index contributed by atoms with van der Waals surface area (Å²) in [6.07, 6.45) is 3.80. The fraction of sp³-hybridized carbons (Fsp3) is 0.348. The molecule has 0 atom stereocenters. The van der Waals surface area contributed by atoms with Crippen molar-refractivity contribution in [2.45, 2.75) is 18.9 Å². The average Bonchev–Trinajstić information content (AvgIpc) is 3.17. The predicted octanol–water partition coefficient (Wildman–Crippen LogP) is 3.33. The Labute approximate surface area is 197 Å². The van der Waals surface area contributed by atoms with Gasteiger partial charge in [-0.25, -0.2) is 8.42 Å². The second-order valence-electron chi connectivity index (χ2n) is 8.21. The van der Waals surface area contributed by atoms with Gasteiger partial charge in [0.2, 0.25) is 10.0 Å². The number of sulfonamides is 1. The van der Waals surface area contributed by atoms with Crippen molar-refractivity contribution in [2.75, 3.05) is 32.6 Å². The van der Waals surface area contributed by atoms with E-state index in [1.165, 1.54) is 4.31 Å². The maximum Gasteiger partial charge on any atom is 0.211 e. The van der Waals surface area contributed by atoms with Crippen molar-refractivity contribution in [3.05, 3.63) is 53.2 Å². The summed E-state index contributed by atoms with van der Waals surface area (Å²) in [6.45, 7) is 2.49. The lowest BCUT2D eigenvalue weighted by molar-refractivity contribution is -0.0865. The first-order valence-electron chi connectivity index (χ1n) is 10.4. The van der Waals surface area contributed by atoms with E-state index < -0.39 is 15.6 Å². The van der Waals surface area contributed by atoms with Crippen molar-refractivity contribution in [3.63, 3.8) is 0 Å². The number of aromatic nitrogens is 1. The number of halogens is 1. The van der Waals surface area contributed by atoms with Crippen molar-refractivity contribution < 1.29 is 23.0 Å². The number of benzene rings is 2. The van der Waals surface area contributed by atoms with E-state index in [0.717, 1.165) is 29.3 Å². The first-order valence-corrected chi connectivity index (χ1v) is 12.6. The van der Waals surface area contributed by atoms with Crippen LogP contribution in [0.25, 0.3) is 16.6 Å². The zero-order valence-corrected chi connectivity index (χ0v) is 19.9. The first-order chi connectivity index (χ1) is 15.6. The largest absolute Gasteiger partial charge is 0.491 e. The molecule has 0 aliphatic carbocycles. The molecule has 2 aromatic carbocycles. The average molecular weight is 490 g/mol. The summed E-state index contributed by atoms with van der Waals surface area (Å²) in [5.74, 6) is 0.950. The van der Waals surface area contributed by atoms with Crippen LogP contribution in [-0.2, 0) is 10.0 Å². The first kappa shape index (κ1) is 23.4. The summed E-state index contributed by atoms with van der Waals surface area (Å²) >= 11 is 6.41. The van der Waals surface area contributed by atoms with E-state index in [-0.39, 0.29) is 19.7 Å². The van der Waals surface area contributed by atoms with Gasteiger partial charge in [-0.05, 0) is 42.8 Å². The van der Waals surface area contributed by atoms with Gasteiger partial charge in [0.15, 0.2) is 5.75 Å². The molecule has 174 valence electrons. The van der Waals surface area contributed by atoms with E-state index in [1.54, 1.807) is 18.2 Å². The lowest BCUT2D eigenvalue weighted by Gasteiger charge is -2.44. The minimum absolute atomic E-state index is 0.00834. The van der Waals surface area contributed by atoms with Gasteiger partial charge in [0, 0.05) is 30.4 Å². The highest BCUT2D eigenvalue weighted by Crippen LogP contribution is 2.34. The van der Waals surface area contributed by atoms with Crippen LogP contribution in [0.2, 0.25) is 5.02 Å². The van der Waals surface area contributed by atoms with Crippen molar-refractivity contribution in [1.29, 1.82) is 5.26 Å². The van der Waals surface area contributed by atoms with Crippen LogP contribution in [0.4, 0.5) is 0 Å². The van der Waals surface area contributed by atoms with Gasteiger partial charge < -0.3 is 19.1 Å². The van der Waals surface area contributed by atoms with E-state index in [0.29, 0.717) is 28.7 Å². The molecule has 0 spiro atoms. The number of hydrogen-bond acceptors (Lipinski definition) is 6. The minimum atomic E-state index is -3.31. The highest BCUT2D eigenvalue weighted by Gasteiger charge is 2.46. The van der Waals surface area contributed by atoms with Crippen molar-refractivity contribution in [2.24, 2.45) is 0 Å². The number of rotatable bonds is 8. The predicted molar refractivity (Wildman–Crippen MR) is 126 cm³/mol. The molecule has 1 N–H and O–H groups in total. The summed E-state index contributed by atoms with van der Waals surface area (Å²) in [5, 5.41) is 21.3. The Bertz CT molecular complexity index is 1340. The van der Waals surface area contributed by atoms with Gasteiger partial charge in [0.25, 0.3) is 0 Å². The Morgan fingerprint density at radius 1 is 1.21 bits per heavy atom. The van der Waals surface area contributed by atoms with Crippen LogP contribution < -0.4 is 9.47 Å². The Morgan fingerprint density at radius 3 is 2.64 bits per heavy atom. The summed E-state index contributed by atoms with van der Waals surface area (Å²) in [5.41, 5.74) is 0.782. The summed E-state index contributed by atoms with van der Waals surface area (Å²) in [6, 6.07) is 13.1. The van der Waals surface area contributed by atoms with Gasteiger partial charge in [-0.1, -0.05) is 18.5 Å². The Balaban J connectivity index is 1.53. The Kier molecular flexibility index (Phi) is 6.29. The third kappa shape index (κ3) is 4.80. The quantitative estimate of drug-likeness (QED) is 0.520. The number of β-amino-alcohol motifs (C(OH)–C–C–N with tert-alkyl or cyclic N) is 1. The molecule has 1 saturated heterocycles. The zero-order valence-electron chi connectivity index (χ0n) is 18.3. The number of ether oxygens (including phenoxy) is 2. The molecule has 1 aromatic heterocycles. The van der Waals surface area contributed by atoms with Crippen LogP contribution in [0.15, 0.2) is 42.6 Å². The normalized spacial score (nSPS) is 15.7. The van der Waals surface area contributed by atoms with Gasteiger partial charge in [-0.3, -0.25) is 0 Å². The second kappa shape index (κ2) is 8.88. The van der Waals surface area contributed by atoms with E-state index in [2.05, 4.69) is 6.07 Å². The van der Waals surface area contributed by atoms with Gasteiger partial charge in [-0.15, -0.1) is 0 Å². The monoisotopic (exact) mass is 489 g/mol. The van der Waals surface area contributed by atoms with Crippen LogP contribution in [0, 0.1) is 11.3 Å². The topological polar surface area (TPSA) is 105 Å². The molecule has 2 heterocycles. The minimum Gasteiger partial charge on any atom is -0.491 e. The van der Waals surface area contributed by atoms with E-state index in [9.17, 15) is 18.8 Å². The van der Waals surface area contributed by atoms with Gasteiger partial charge in [0.1, 0.15) is 24.0 Å². The van der Waals surface area contributed by atoms with E-state index >= 15 is 0 Å². The molecule has 4 rings (SSSR count). The molecule has 33 heavy (non-hydrogen) atoms. The standard InChI is InChI=1S/C23H24ClN3O5S/c1-3-8-31-22-17(12-25)9-18(11-20(22)24)27-7-6-16-10-19(4-5-21(16)27)32-15-23(28)13-26(14-23)33(2,29)30/h4-7,9-11,28H,3,8,13-15H2,1-2H3. The maximum absolute atomic E-state index is 11.5. The Morgan fingerprint density at radius 2 is 1.97 bits per heavy atom. The molecule has 1 aliphatic rings. The molecule has 0 bridgehead atoms. The fourth-order valence-corrected chi connectivity index (χ4v) is 4.96. The third-order valence-corrected chi connectivity index (χ3v) is 6.93. The lowest BCUT2D eigenvalue weighted by Crippen LogP contribution is -2.65. The number of fused-ring (bicyclic) bond motifs is 1. The summed E-state index contributed by atoms with van der Waals surface area (Å²) in [4.78, 5) is 0. The third-order valence-electron chi connectivity index (χ3n) is 5.46. The summed E-state index contributed by atoms with van der Waals surface area (Å²) < 4.78 is 37.5. The Hall–Kier alpha value is -2.77. The zero-order chi connectivity index (χ0) is 23.8. The second-order valence-corrected chi connectivity index (χ2v) is 10.6. The SMILES string of the molecule is CCCOc1c(Cl)cc(-n2ccc3cc(OCC4(O)CN(S(C)(=O)=O)C4)ccc32)cc1C#N. The molecule has 0 amide bonds. The fourth-order valence-electron chi connectivity index (χ4n) is 3.74. The van der Waals surface area contributed by atoms with Gasteiger partial charge in [-0.2, -0.15) is 9.57 Å². The molecular weight excluding hydrogens is 466 g/mol. The number of nitriles is 1. The van der Waals surface area contributed by atoms with Crippen LogP contribution in [0.1, 0.15) is 18.9 Å². The van der Waals surface area contributed by atoms with Crippen molar-refractivity contribution >= 4 is 32.5 Å². The molecule has 1 aliphatic heterocycles. The van der Waals surface area contributed by atoms with Crippen LogP contribution in [-0.4, -0.2) is 60.6 Å². The van der Waals surface area contributed by atoms with Gasteiger partial charge in [0.05, 0.1) is 29.0 Å². The van der Waals surface area contributed by atoms with Crippen molar-refractivity contribution in [1.82, 2.24) is 8.87 Å². The lowest BCUT2D eigenvalue weighted by atomic mass is 9.99. The van der Waals surface area contributed by atoms with Crippen LogP contribution >= 0.6 is 11.6 Å². The molecule has 1 fully saturated rings. The van der Waals surface area contributed by atoms with Crippen LogP contribution in [0.5, 0.6) is 11.5 Å². The van der Waals surface area contributed by atoms with Crippen molar-refractivity contribution in [3.8, 4) is 23.3 Å². The summed E-state index contributed by atoms with van der Waals surface area (Å²) in [7, 11) is -3.31. The number of hydrogen-bond donors (Lipinski definition) is 1. The highest BCUT2D eigenvalue weighted by molar-refractivity contribution is 7.88. The molecule has 3 aromatic rings. The van der Waals surface area contributed by atoms with Crippen LogP contribution in [0.3, 0.4) is 0 Å². The highest BCUT2D eigenvalue weighted by atomic mass is 35.5. The smallest absolute Gasteiger partial charge is 0.211 e. The number of nitrogens with zero attached hydrogens (tertiary/aromatic N) is 3. The molecule has 0 saturated carbocycles. The number of aliphatic hydroxyl groups is 1.